The van der Waals surface area contributed by atoms with Crippen LogP contribution in [0.15, 0.2) is 18.2 Å². The molecule has 18 heavy (non-hydrogen) atoms. The Morgan fingerprint density at radius 2 is 2.11 bits per heavy atom. The second kappa shape index (κ2) is 6.00. The molecular weight excluding hydrogens is 241 g/mol. The number of halogens is 1. The predicted molar refractivity (Wildman–Crippen MR) is 63.2 cm³/mol. The summed E-state index contributed by atoms with van der Waals surface area (Å²) in [6.07, 6.45) is -0.878. The number of rotatable bonds is 4. The monoisotopic (exact) mass is 255 g/mol. The van der Waals surface area contributed by atoms with Gasteiger partial charge in [0.1, 0.15) is 5.82 Å². The lowest BCUT2D eigenvalue weighted by molar-refractivity contribution is 0.0697. The molecule has 1 aromatic rings. The molecule has 0 fully saturated rings. The zero-order chi connectivity index (χ0) is 13.7. The Morgan fingerprint density at radius 3 is 2.67 bits per heavy atom. The van der Waals surface area contributed by atoms with Gasteiger partial charge in [0.2, 0.25) is 0 Å². The molecule has 0 saturated carbocycles. The summed E-state index contributed by atoms with van der Waals surface area (Å²) >= 11 is 0. The van der Waals surface area contributed by atoms with Crippen LogP contribution in [0.4, 0.5) is 14.9 Å². The van der Waals surface area contributed by atoms with Gasteiger partial charge in [0.05, 0.1) is 17.9 Å². The molecule has 0 heterocycles. The van der Waals surface area contributed by atoms with Gasteiger partial charge in [-0.2, -0.15) is 0 Å². The molecule has 0 atom stereocenters. The van der Waals surface area contributed by atoms with Gasteiger partial charge >= 0.3 is 12.1 Å². The van der Waals surface area contributed by atoms with E-state index in [4.69, 9.17) is 9.84 Å². The van der Waals surface area contributed by atoms with Crippen LogP contribution in [0.1, 0.15) is 24.2 Å². The van der Waals surface area contributed by atoms with Gasteiger partial charge in [-0.05, 0) is 18.1 Å². The van der Waals surface area contributed by atoms with E-state index in [1.807, 2.05) is 13.8 Å². The summed E-state index contributed by atoms with van der Waals surface area (Å²) in [6.45, 7) is 3.86. The van der Waals surface area contributed by atoms with E-state index in [0.29, 0.717) is 0 Å². The predicted octanol–water partition coefficient (Wildman–Crippen LogP) is 2.73. The summed E-state index contributed by atoms with van der Waals surface area (Å²) in [4.78, 5) is 22.2. The second-order valence-electron chi connectivity index (χ2n) is 4.08. The van der Waals surface area contributed by atoms with E-state index in [1.54, 1.807) is 0 Å². The van der Waals surface area contributed by atoms with E-state index < -0.39 is 23.6 Å². The Kier molecular flexibility index (Phi) is 4.65. The standard InChI is InChI=1S/C12H14FNO4/c1-7(2)6-18-12(17)14-10-8(11(15)16)4-3-5-9(10)13/h3-5,7H,6H2,1-2H3,(H,14,17)(H,15,16). The highest BCUT2D eigenvalue weighted by Gasteiger charge is 2.17. The number of ether oxygens (including phenoxy) is 1. The van der Waals surface area contributed by atoms with Crippen molar-refractivity contribution >= 4 is 17.7 Å². The third-order valence-corrected chi connectivity index (χ3v) is 2.02. The molecule has 98 valence electrons. The van der Waals surface area contributed by atoms with E-state index in [0.717, 1.165) is 6.07 Å². The Balaban J connectivity index is 2.83. The minimum atomic E-state index is -1.33. The fourth-order valence-electron chi connectivity index (χ4n) is 1.21. The number of anilines is 1. The summed E-state index contributed by atoms with van der Waals surface area (Å²) in [6, 6.07) is 3.51. The van der Waals surface area contributed by atoms with E-state index in [1.165, 1.54) is 12.1 Å². The molecule has 0 bridgehead atoms. The molecule has 0 unspecified atom stereocenters. The zero-order valence-corrected chi connectivity index (χ0v) is 10.1. The van der Waals surface area contributed by atoms with Crippen molar-refractivity contribution in [1.82, 2.24) is 0 Å². The Hall–Kier alpha value is -2.11. The molecule has 0 radical (unpaired) electrons. The van der Waals surface area contributed by atoms with Crippen molar-refractivity contribution < 1.29 is 23.8 Å². The Labute approximate surface area is 104 Å². The number of carbonyl (C=O) groups excluding carboxylic acids is 1. The van der Waals surface area contributed by atoms with Crippen LogP contribution >= 0.6 is 0 Å². The fraction of sp³-hybridized carbons (Fsp3) is 0.333. The van der Waals surface area contributed by atoms with E-state index in [2.05, 4.69) is 5.32 Å². The number of hydrogen-bond acceptors (Lipinski definition) is 3. The van der Waals surface area contributed by atoms with Gasteiger partial charge in [0.15, 0.2) is 0 Å². The number of nitrogens with one attached hydrogen (secondary N) is 1. The maximum Gasteiger partial charge on any atom is 0.411 e. The lowest BCUT2D eigenvalue weighted by Crippen LogP contribution is -2.19. The smallest absolute Gasteiger partial charge is 0.411 e. The van der Waals surface area contributed by atoms with Gasteiger partial charge in [0.25, 0.3) is 0 Å². The summed E-state index contributed by atoms with van der Waals surface area (Å²) in [7, 11) is 0. The summed E-state index contributed by atoms with van der Waals surface area (Å²) in [5, 5.41) is 11.0. The first-order valence-corrected chi connectivity index (χ1v) is 5.37. The van der Waals surface area contributed by atoms with Crippen LogP contribution in [0.25, 0.3) is 0 Å². The number of aromatic carboxylic acids is 1. The van der Waals surface area contributed by atoms with Gasteiger partial charge < -0.3 is 9.84 Å². The molecule has 5 nitrogen and oxygen atoms in total. The van der Waals surface area contributed by atoms with Crippen molar-refractivity contribution in [3.8, 4) is 0 Å². The molecular formula is C12H14FNO4. The Bertz CT molecular complexity index is 459. The molecule has 0 aliphatic rings. The van der Waals surface area contributed by atoms with Crippen LogP contribution in [-0.4, -0.2) is 23.8 Å². The third kappa shape index (κ3) is 3.73. The molecule has 0 aromatic heterocycles. The molecule has 0 saturated heterocycles. The van der Waals surface area contributed by atoms with Crippen LogP contribution in [0.5, 0.6) is 0 Å². The lowest BCUT2D eigenvalue weighted by Gasteiger charge is -2.11. The molecule has 0 aliphatic heterocycles. The SMILES string of the molecule is CC(C)COC(=O)Nc1c(F)cccc1C(=O)O. The van der Waals surface area contributed by atoms with Crippen LogP contribution < -0.4 is 5.32 Å². The van der Waals surface area contributed by atoms with E-state index in [9.17, 15) is 14.0 Å². The minimum Gasteiger partial charge on any atom is -0.478 e. The highest BCUT2D eigenvalue weighted by molar-refractivity contribution is 5.98. The minimum absolute atomic E-state index is 0.135. The summed E-state index contributed by atoms with van der Waals surface area (Å²) in [5.74, 6) is -2.01. The van der Waals surface area contributed by atoms with Gasteiger partial charge in [-0.25, -0.2) is 14.0 Å². The normalized spacial score (nSPS) is 10.2. The molecule has 1 amide bonds. The van der Waals surface area contributed by atoms with Gasteiger partial charge in [-0.3, -0.25) is 5.32 Å². The van der Waals surface area contributed by atoms with Crippen LogP contribution in [0.2, 0.25) is 0 Å². The van der Waals surface area contributed by atoms with Crippen LogP contribution in [-0.2, 0) is 4.74 Å². The number of para-hydroxylation sites is 1. The molecule has 1 rings (SSSR count). The maximum atomic E-state index is 13.4. The number of carboxylic acids is 1. The van der Waals surface area contributed by atoms with E-state index in [-0.39, 0.29) is 18.1 Å². The van der Waals surface area contributed by atoms with Gasteiger partial charge in [-0.1, -0.05) is 19.9 Å². The van der Waals surface area contributed by atoms with Crippen molar-refractivity contribution in [2.45, 2.75) is 13.8 Å². The summed E-state index contributed by atoms with van der Waals surface area (Å²) in [5.41, 5.74) is -0.713. The van der Waals surface area contributed by atoms with Crippen molar-refractivity contribution in [2.75, 3.05) is 11.9 Å². The van der Waals surface area contributed by atoms with Crippen molar-refractivity contribution in [3.05, 3.63) is 29.6 Å². The topological polar surface area (TPSA) is 75.6 Å². The van der Waals surface area contributed by atoms with Gasteiger partial charge in [0, 0.05) is 0 Å². The van der Waals surface area contributed by atoms with Crippen LogP contribution in [0.3, 0.4) is 0 Å². The highest BCUT2D eigenvalue weighted by atomic mass is 19.1. The van der Waals surface area contributed by atoms with Gasteiger partial charge in [-0.15, -0.1) is 0 Å². The fourth-order valence-corrected chi connectivity index (χ4v) is 1.21. The first kappa shape index (κ1) is 14.0. The van der Waals surface area contributed by atoms with Crippen molar-refractivity contribution in [2.24, 2.45) is 5.92 Å². The quantitative estimate of drug-likeness (QED) is 0.867. The largest absolute Gasteiger partial charge is 0.478 e. The Morgan fingerprint density at radius 1 is 1.44 bits per heavy atom. The summed E-state index contributed by atoms with van der Waals surface area (Å²) < 4.78 is 18.2. The van der Waals surface area contributed by atoms with E-state index >= 15 is 0 Å². The third-order valence-electron chi connectivity index (χ3n) is 2.02. The molecule has 6 heteroatoms. The highest BCUT2D eigenvalue weighted by Crippen LogP contribution is 2.20. The van der Waals surface area contributed by atoms with Crippen molar-refractivity contribution in [3.63, 3.8) is 0 Å². The number of hydrogen-bond donors (Lipinski definition) is 2. The zero-order valence-electron chi connectivity index (χ0n) is 10.1. The number of benzene rings is 1. The molecule has 0 spiro atoms. The first-order valence-electron chi connectivity index (χ1n) is 5.37. The number of carboxylic acid groups (broad SMARTS) is 1. The molecule has 2 N–H and O–H groups in total. The maximum absolute atomic E-state index is 13.4. The lowest BCUT2D eigenvalue weighted by atomic mass is 10.1. The van der Waals surface area contributed by atoms with Crippen molar-refractivity contribution in [1.29, 1.82) is 0 Å². The average molecular weight is 255 g/mol. The molecule has 1 aromatic carbocycles. The number of amides is 1. The van der Waals surface area contributed by atoms with Crippen LogP contribution in [0, 0.1) is 11.7 Å². The first-order chi connectivity index (χ1) is 8.41. The number of carbonyl (C=O) groups is 2. The average Bonchev–Trinajstić information content (AvgIpc) is 2.28. The second-order valence-corrected chi connectivity index (χ2v) is 4.08. The molecule has 0 aliphatic carbocycles.